The van der Waals surface area contributed by atoms with Crippen LogP contribution in [0.25, 0.3) is 10.4 Å². The number of aliphatic hydroxyl groups is 2. The predicted molar refractivity (Wildman–Crippen MR) is 149 cm³/mol. The van der Waals surface area contributed by atoms with Gasteiger partial charge in [-0.2, -0.15) is 0 Å². The smallest absolute Gasteiger partial charge is 0.243 e. The standard InChI is InChI=1S/C28H31BrN4O4S/c1-16(2)23(33-13-19-5-3-4-6-21(19)27(33)36)28(37)32-14-20(34)11-22(32)26(35)30-12-17-7-9-18(10-8-17)24-25(29)31-15-38-24/h3-10,15-16,20,22-23,27,34,36H,11-14H2,1-2H3,(H,30,35)/t20-,22+,23+,27?/m1/s1. The van der Waals surface area contributed by atoms with Crippen LogP contribution in [0.5, 0.6) is 0 Å². The van der Waals surface area contributed by atoms with Gasteiger partial charge in [0.1, 0.15) is 16.9 Å². The Bertz CT molecular complexity index is 1310. The maximum Gasteiger partial charge on any atom is 0.243 e. The van der Waals surface area contributed by atoms with Gasteiger partial charge in [0.15, 0.2) is 0 Å². The van der Waals surface area contributed by atoms with E-state index in [2.05, 4.69) is 26.2 Å². The molecule has 2 aliphatic heterocycles. The van der Waals surface area contributed by atoms with E-state index in [9.17, 15) is 19.8 Å². The molecule has 10 heteroatoms. The summed E-state index contributed by atoms with van der Waals surface area (Å²) < 4.78 is 0.804. The molecule has 200 valence electrons. The second-order valence-corrected chi connectivity index (χ2v) is 11.8. The molecule has 3 aromatic rings. The lowest BCUT2D eigenvalue weighted by Gasteiger charge is -2.36. The first kappa shape index (κ1) is 27.0. The normalized spacial score (nSPS) is 22.1. The van der Waals surface area contributed by atoms with Gasteiger partial charge in [0, 0.05) is 26.1 Å². The van der Waals surface area contributed by atoms with Crippen LogP contribution in [0, 0.1) is 5.92 Å². The summed E-state index contributed by atoms with van der Waals surface area (Å²) in [6, 6.07) is 14.1. The zero-order chi connectivity index (χ0) is 27.0. The molecule has 0 spiro atoms. The number of fused-ring (bicyclic) bond motifs is 1. The van der Waals surface area contributed by atoms with Crippen LogP contribution >= 0.6 is 27.3 Å². The minimum Gasteiger partial charge on any atom is -0.391 e. The molecule has 1 fully saturated rings. The zero-order valence-corrected chi connectivity index (χ0v) is 23.7. The first-order valence-corrected chi connectivity index (χ1v) is 14.4. The van der Waals surface area contributed by atoms with Gasteiger partial charge in [0.2, 0.25) is 11.8 Å². The van der Waals surface area contributed by atoms with E-state index in [0.29, 0.717) is 13.1 Å². The summed E-state index contributed by atoms with van der Waals surface area (Å²) in [5, 5.41) is 24.4. The van der Waals surface area contributed by atoms with Gasteiger partial charge in [0.25, 0.3) is 0 Å². The van der Waals surface area contributed by atoms with Crippen LogP contribution in [0.15, 0.2) is 58.6 Å². The molecule has 0 radical (unpaired) electrons. The number of nitrogens with one attached hydrogen (secondary N) is 1. The number of thiazole rings is 1. The summed E-state index contributed by atoms with van der Waals surface area (Å²) in [6.07, 6.45) is -1.49. The third kappa shape index (κ3) is 5.28. The zero-order valence-electron chi connectivity index (χ0n) is 21.3. The van der Waals surface area contributed by atoms with Crippen molar-refractivity contribution >= 4 is 39.1 Å². The summed E-state index contributed by atoms with van der Waals surface area (Å²) in [5.41, 5.74) is 5.54. The number of carbonyl (C=O) groups excluding carboxylic acids is 2. The van der Waals surface area contributed by atoms with Crippen molar-refractivity contribution in [1.29, 1.82) is 0 Å². The first-order chi connectivity index (χ1) is 18.2. The van der Waals surface area contributed by atoms with E-state index in [4.69, 9.17) is 0 Å². The number of aromatic nitrogens is 1. The molecular weight excluding hydrogens is 568 g/mol. The van der Waals surface area contributed by atoms with E-state index in [1.165, 1.54) is 4.90 Å². The maximum absolute atomic E-state index is 13.9. The lowest BCUT2D eigenvalue weighted by Crippen LogP contribution is -2.54. The van der Waals surface area contributed by atoms with Gasteiger partial charge < -0.3 is 20.4 Å². The van der Waals surface area contributed by atoms with Gasteiger partial charge in [-0.25, -0.2) is 4.98 Å². The average Bonchev–Trinajstić information content (AvgIpc) is 3.60. The molecule has 8 nitrogen and oxygen atoms in total. The van der Waals surface area contributed by atoms with Crippen LogP contribution < -0.4 is 5.32 Å². The van der Waals surface area contributed by atoms with Crippen molar-refractivity contribution in [1.82, 2.24) is 20.1 Å². The monoisotopic (exact) mass is 598 g/mol. The number of likely N-dealkylation sites (tertiary alicyclic amines) is 1. The Hall–Kier alpha value is -2.63. The number of benzene rings is 2. The summed E-state index contributed by atoms with van der Waals surface area (Å²) in [7, 11) is 0. The van der Waals surface area contributed by atoms with Crippen molar-refractivity contribution in [2.45, 2.75) is 57.8 Å². The highest BCUT2D eigenvalue weighted by Crippen LogP contribution is 2.36. The van der Waals surface area contributed by atoms with Crippen molar-refractivity contribution in [3.63, 3.8) is 0 Å². The van der Waals surface area contributed by atoms with E-state index in [1.807, 2.05) is 62.4 Å². The molecule has 1 saturated heterocycles. The summed E-state index contributed by atoms with van der Waals surface area (Å²) in [4.78, 5) is 35.6. The molecular formula is C28H31BrN4O4S. The second-order valence-electron chi connectivity index (χ2n) is 10.2. The molecule has 38 heavy (non-hydrogen) atoms. The van der Waals surface area contributed by atoms with Crippen LogP contribution in [0.4, 0.5) is 0 Å². The molecule has 3 N–H and O–H groups in total. The molecule has 4 atom stereocenters. The number of β-amino-alcohol motifs (C(OH)–C–C–N with tert-alkyl or cyclic N) is 1. The van der Waals surface area contributed by atoms with Crippen LogP contribution in [0.3, 0.4) is 0 Å². The number of nitrogens with zero attached hydrogens (tertiary/aromatic N) is 3. The number of aliphatic hydroxyl groups excluding tert-OH is 2. The van der Waals surface area contributed by atoms with E-state index in [-0.39, 0.29) is 30.7 Å². The lowest BCUT2D eigenvalue weighted by atomic mass is 10.00. The Morgan fingerprint density at radius 2 is 1.89 bits per heavy atom. The Morgan fingerprint density at radius 1 is 1.16 bits per heavy atom. The highest BCUT2D eigenvalue weighted by molar-refractivity contribution is 9.10. The van der Waals surface area contributed by atoms with Crippen molar-refractivity contribution in [2.24, 2.45) is 5.92 Å². The molecule has 0 bridgehead atoms. The lowest BCUT2D eigenvalue weighted by molar-refractivity contribution is -0.149. The van der Waals surface area contributed by atoms with Crippen molar-refractivity contribution in [3.8, 4) is 10.4 Å². The SMILES string of the molecule is CC(C)[C@@H](C(=O)N1C[C@H](O)C[C@H]1C(=O)NCc1ccc(-c2scnc2Br)cc1)N1Cc2ccccc2C1O. The topological polar surface area (TPSA) is 106 Å². The first-order valence-electron chi connectivity index (χ1n) is 12.7. The average molecular weight is 600 g/mol. The molecule has 0 aliphatic carbocycles. The van der Waals surface area contributed by atoms with E-state index in [1.54, 1.807) is 21.7 Å². The van der Waals surface area contributed by atoms with Crippen molar-refractivity contribution in [3.05, 3.63) is 75.3 Å². The van der Waals surface area contributed by atoms with E-state index in [0.717, 1.165) is 31.7 Å². The number of hydrogen-bond donors (Lipinski definition) is 3. The minimum atomic E-state index is -0.893. The molecule has 3 heterocycles. The fourth-order valence-electron chi connectivity index (χ4n) is 5.43. The molecule has 2 aliphatic rings. The molecule has 5 rings (SSSR count). The quantitative estimate of drug-likeness (QED) is 0.383. The molecule has 1 aromatic heterocycles. The van der Waals surface area contributed by atoms with Gasteiger partial charge >= 0.3 is 0 Å². The molecule has 2 aromatic carbocycles. The predicted octanol–water partition coefficient (Wildman–Crippen LogP) is 3.68. The molecule has 0 saturated carbocycles. The number of amides is 2. The van der Waals surface area contributed by atoms with E-state index >= 15 is 0 Å². The highest BCUT2D eigenvalue weighted by Gasteiger charge is 2.46. The van der Waals surface area contributed by atoms with Crippen LogP contribution in [-0.2, 0) is 22.7 Å². The number of halogens is 1. The third-order valence-corrected chi connectivity index (χ3v) is 9.05. The number of rotatable bonds is 7. The Balaban J connectivity index is 1.27. The Morgan fingerprint density at radius 3 is 2.55 bits per heavy atom. The Labute approximate surface area is 234 Å². The number of hydrogen-bond acceptors (Lipinski definition) is 7. The second kappa shape index (κ2) is 11.2. The fraction of sp³-hybridized carbons (Fsp3) is 0.393. The third-order valence-electron chi connectivity index (χ3n) is 7.31. The van der Waals surface area contributed by atoms with Crippen LogP contribution in [0.2, 0.25) is 0 Å². The van der Waals surface area contributed by atoms with Gasteiger partial charge in [-0.1, -0.05) is 62.4 Å². The largest absolute Gasteiger partial charge is 0.391 e. The van der Waals surface area contributed by atoms with Gasteiger partial charge in [-0.05, 0) is 44.1 Å². The maximum atomic E-state index is 13.9. The Kier molecular flexibility index (Phi) is 7.97. The van der Waals surface area contributed by atoms with Crippen LogP contribution in [-0.4, -0.2) is 61.5 Å². The van der Waals surface area contributed by atoms with Gasteiger partial charge in [0.05, 0.1) is 22.5 Å². The van der Waals surface area contributed by atoms with Crippen molar-refractivity contribution in [2.75, 3.05) is 6.54 Å². The summed E-state index contributed by atoms with van der Waals surface area (Å²) in [5.74, 6) is -0.648. The fourth-order valence-corrected chi connectivity index (χ4v) is 6.86. The highest BCUT2D eigenvalue weighted by atomic mass is 79.9. The van der Waals surface area contributed by atoms with Gasteiger partial charge in [-0.3, -0.25) is 14.5 Å². The van der Waals surface area contributed by atoms with E-state index < -0.39 is 24.4 Å². The molecule has 1 unspecified atom stereocenters. The van der Waals surface area contributed by atoms with Crippen molar-refractivity contribution < 1.29 is 19.8 Å². The molecule has 2 amide bonds. The number of carbonyl (C=O) groups is 2. The summed E-state index contributed by atoms with van der Waals surface area (Å²) in [6.45, 7) is 4.73. The minimum absolute atomic E-state index is 0.0927. The van der Waals surface area contributed by atoms with Gasteiger partial charge in [-0.15, -0.1) is 11.3 Å². The summed E-state index contributed by atoms with van der Waals surface area (Å²) >= 11 is 5.00. The van der Waals surface area contributed by atoms with Crippen LogP contribution in [0.1, 0.15) is 43.2 Å².